The van der Waals surface area contributed by atoms with Gasteiger partial charge in [-0.3, -0.25) is 0 Å². The van der Waals surface area contributed by atoms with Gasteiger partial charge in [0, 0.05) is 91.7 Å². The van der Waals surface area contributed by atoms with E-state index in [1.807, 2.05) is 6.20 Å². The summed E-state index contributed by atoms with van der Waals surface area (Å²) in [6, 6.07) is 0. The number of aryl methyl sites for hydroxylation is 8. The molecule has 0 fully saturated rings. The molecule has 4 aromatic heterocycles. The normalized spacial score (nSPS) is 11.2. The molecule has 0 unspecified atom stereocenters. The molecule has 0 saturated heterocycles. The van der Waals surface area contributed by atoms with Gasteiger partial charge >= 0.3 is 0 Å². The second kappa shape index (κ2) is 12.8. The van der Waals surface area contributed by atoms with Crippen LogP contribution in [0.4, 0.5) is 0 Å². The van der Waals surface area contributed by atoms with E-state index in [9.17, 15) is 0 Å². The molecule has 1 radical (unpaired) electrons. The van der Waals surface area contributed by atoms with E-state index in [0.717, 1.165) is 64.4 Å². The first-order chi connectivity index (χ1) is 16.4. The SMILES string of the molecule is Cc1nccn1CCCn1cc[n+](CCCn2cc[n+](CCCn3cc[n+](C)c3C)c2C)c1C.[Y]. The third-order valence-electron chi connectivity index (χ3n) is 7.23. The first kappa shape index (κ1) is 27.5. The molecule has 0 spiro atoms. The molecular formula is C26H41N8Y+3. The molecule has 0 aromatic carbocycles. The summed E-state index contributed by atoms with van der Waals surface area (Å²) in [5.41, 5.74) is 0. The Morgan fingerprint density at radius 2 is 1.11 bits per heavy atom. The zero-order chi connectivity index (χ0) is 24.1. The summed E-state index contributed by atoms with van der Waals surface area (Å²) >= 11 is 0. The maximum atomic E-state index is 4.31. The Morgan fingerprint density at radius 1 is 0.629 bits per heavy atom. The number of nitrogens with zero attached hydrogens (tertiary/aromatic N) is 8. The Kier molecular flexibility index (Phi) is 10.0. The molecule has 4 heterocycles. The minimum Gasteiger partial charge on any atom is -0.335 e. The quantitative estimate of drug-likeness (QED) is 0.248. The number of imidazole rings is 4. The molecule has 4 aromatic rings. The van der Waals surface area contributed by atoms with Gasteiger partial charge in [-0.1, -0.05) is 0 Å². The van der Waals surface area contributed by atoms with Crippen molar-refractivity contribution in [1.29, 1.82) is 0 Å². The molecule has 0 atom stereocenters. The second-order valence-corrected chi connectivity index (χ2v) is 9.34. The molecule has 9 heteroatoms. The van der Waals surface area contributed by atoms with Gasteiger partial charge in [-0.25, -0.2) is 32.4 Å². The number of hydrogen-bond donors (Lipinski definition) is 0. The van der Waals surface area contributed by atoms with Gasteiger partial charge in [-0.05, 0) is 6.92 Å². The number of hydrogen-bond acceptors (Lipinski definition) is 1. The third kappa shape index (κ3) is 6.79. The van der Waals surface area contributed by atoms with E-state index >= 15 is 0 Å². The van der Waals surface area contributed by atoms with E-state index in [4.69, 9.17) is 0 Å². The van der Waals surface area contributed by atoms with Crippen LogP contribution in [-0.2, 0) is 79.0 Å². The molecule has 35 heavy (non-hydrogen) atoms. The smallest absolute Gasteiger partial charge is 0.253 e. The Balaban J connectivity index is 0.00000342. The summed E-state index contributed by atoms with van der Waals surface area (Å²) in [7, 11) is 2.10. The summed E-state index contributed by atoms with van der Waals surface area (Å²) in [5.74, 6) is 5.06. The summed E-state index contributed by atoms with van der Waals surface area (Å²) < 4.78 is 16.3. The molecular weight excluding hydrogens is 513 g/mol. The van der Waals surface area contributed by atoms with Crippen molar-refractivity contribution in [3.05, 3.63) is 72.9 Å². The Morgan fingerprint density at radius 3 is 1.60 bits per heavy atom. The van der Waals surface area contributed by atoms with Crippen molar-refractivity contribution in [2.24, 2.45) is 7.05 Å². The van der Waals surface area contributed by atoms with Gasteiger partial charge < -0.3 is 4.57 Å². The molecule has 0 aliphatic carbocycles. The van der Waals surface area contributed by atoms with Crippen molar-refractivity contribution in [2.75, 3.05) is 0 Å². The molecule has 185 valence electrons. The van der Waals surface area contributed by atoms with Crippen molar-refractivity contribution >= 4 is 0 Å². The summed E-state index contributed by atoms with van der Waals surface area (Å²) in [4.78, 5) is 4.31. The van der Waals surface area contributed by atoms with Crippen LogP contribution >= 0.6 is 0 Å². The maximum absolute atomic E-state index is 4.31. The van der Waals surface area contributed by atoms with Gasteiger partial charge in [0.1, 0.15) is 43.0 Å². The van der Waals surface area contributed by atoms with Gasteiger partial charge in [0.15, 0.2) is 0 Å². The first-order valence-electron chi connectivity index (χ1n) is 12.5. The standard InChI is InChI=1S/C26H41N8.Y/c1-23-27-9-16-29(23)10-6-12-31-19-20-33(25(31)3)14-8-15-34-22-21-32(26(34)4)13-7-11-30-18-17-28(5)24(30)2;/h9,16-22H,6-8,10-15H2,1-5H3;/q+3;. The molecule has 4 rings (SSSR count). The van der Waals surface area contributed by atoms with Gasteiger partial charge in [0.25, 0.3) is 17.5 Å². The van der Waals surface area contributed by atoms with Crippen LogP contribution in [0.5, 0.6) is 0 Å². The minimum absolute atomic E-state index is 0. The van der Waals surface area contributed by atoms with Gasteiger partial charge in [0.2, 0.25) is 0 Å². The van der Waals surface area contributed by atoms with E-state index in [0.29, 0.717) is 0 Å². The van der Waals surface area contributed by atoms with E-state index < -0.39 is 0 Å². The molecule has 0 N–H and O–H groups in total. The Hall–Kier alpha value is -2.06. The summed E-state index contributed by atoms with van der Waals surface area (Å²) in [6.45, 7) is 14.9. The van der Waals surface area contributed by atoms with Crippen LogP contribution in [0.2, 0.25) is 0 Å². The summed E-state index contributed by atoms with van der Waals surface area (Å²) in [6.07, 6.45) is 20.5. The fourth-order valence-corrected chi connectivity index (χ4v) is 4.74. The Labute approximate surface area is 234 Å². The minimum atomic E-state index is 0. The monoisotopic (exact) mass is 554 g/mol. The number of aromatic nitrogens is 8. The molecule has 0 bridgehead atoms. The van der Waals surface area contributed by atoms with Gasteiger partial charge in [-0.15, -0.1) is 0 Å². The first-order valence-corrected chi connectivity index (χ1v) is 12.5. The second-order valence-electron chi connectivity index (χ2n) is 9.34. The predicted molar refractivity (Wildman–Crippen MR) is 130 cm³/mol. The van der Waals surface area contributed by atoms with Crippen LogP contribution in [0.1, 0.15) is 42.6 Å². The fraction of sp³-hybridized carbons (Fsp3) is 0.538. The molecule has 0 amide bonds. The fourth-order valence-electron chi connectivity index (χ4n) is 4.74. The van der Waals surface area contributed by atoms with Crippen molar-refractivity contribution in [1.82, 2.24) is 23.3 Å². The molecule has 0 saturated carbocycles. The van der Waals surface area contributed by atoms with Crippen molar-refractivity contribution in [3.63, 3.8) is 0 Å². The average molecular weight is 555 g/mol. The van der Waals surface area contributed by atoms with E-state index in [2.05, 4.69) is 115 Å². The largest absolute Gasteiger partial charge is 0.335 e. The van der Waals surface area contributed by atoms with E-state index in [1.54, 1.807) is 0 Å². The molecule has 8 nitrogen and oxygen atoms in total. The van der Waals surface area contributed by atoms with Crippen LogP contribution in [0.3, 0.4) is 0 Å². The van der Waals surface area contributed by atoms with Crippen molar-refractivity contribution < 1.29 is 46.4 Å². The van der Waals surface area contributed by atoms with Gasteiger partial charge in [-0.2, -0.15) is 0 Å². The van der Waals surface area contributed by atoms with Crippen LogP contribution in [0.15, 0.2) is 49.6 Å². The van der Waals surface area contributed by atoms with Crippen LogP contribution in [0, 0.1) is 27.7 Å². The topological polar surface area (TPSA) is 44.2 Å². The van der Waals surface area contributed by atoms with Crippen LogP contribution in [0.25, 0.3) is 0 Å². The average Bonchev–Trinajstić information content (AvgIpc) is 3.57. The zero-order valence-electron chi connectivity index (χ0n) is 22.1. The van der Waals surface area contributed by atoms with Crippen molar-refractivity contribution in [2.45, 2.75) is 86.2 Å². The maximum Gasteiger partial charge on any atom is 0.253 e. The predicted octanol–water partition coefficient (Wildman–Crippen LogP) is 2.19. The molecule has 0 aliphatic rings. The third-order valence-corrected chi connectivity index (χ3v) is 7.23. The zero-order valence-corrected chi connectivity index (χ0v) is 25.0. The molecule has 0 aliphatic heterocycles. The van der Waals surface area contributed by atoms with E-state index in [-0.39, 0.29) is 32.7 Å². The summed E-state index contributed by atoms with van der Waals surface area (Å²) in [5, 5.41) is 0. The van der Waals surface area contributed by atoms with Crippen LogP contribution < -0.4 is 13.7 Å². The number of rotatable bonds is 12. The van der Waals surface area contributed by atoms with E-state index in [1.165, 1.54) is 17.5 Å². The Bertz CT molecular complexity index is 1210. The van der Waals surface area contributed by atoms with Gasteiger partial charge in [0.05, 0.1) is 39.8 Å². The van der Waals surface area contributed by atoms with Crippen molar-refractivity contribution in [3.8, 4) is 0 Å². The van der Waals surface area contributed by atoms with Crippen LogP contribution in [-0.4, -0.2) is 23.3 Å².